The Hall–Kier alpha value is -1.76. The van der Waals surface area contributed by atoms with Crippen molar-refractivity contribution in [3.8, 4) is 0 Å². The van der Waals surface area contributed by atoms with Gasteiger partial charge in [-0.1, -0.05) is 12.1 Å². The number of carbonyl (C=O) groups excluding carboxylic acids is 1. The summed E-state index contributed by atoms with van der Waals surface area (Å²) in [5.41, 5.74) is 8.29. The molecule has 3 N–H and O–H groups in total. The number of carbonyl (C=O) groups is 1. The molecule has 0 aliphatic heterocycles. The zero-order valence-corrected chi connectivity index (χ0v) is 12.5. The van der Waals surface area contributed by atoms with Crippen LogP contribution in [0.5, 0.6) is 0 Å². The molecule has 0 amide bonds. The smallest absolute Gasteiger partial charge is 0.340 e. The molecule has 0 bridgehead atoms. The summed E-state index contributed by atoms with van der Waals surface area (Å²) in [7, 11) is 1.34. The van der Waals surface area contributed by atoms with Crippen molar-refractivity contribution in [1.82, 2.24) is 0 Å². The average molecular weight is 368 g/mol. The van der Waals surface area contributed by atoms with E-state index in [2.05, 4.69) is 27.9 Å². The molecule has 2 aromatic carbocycles. The third kappa shape index (κ3) is 3.17. The molecule has 98 valence electrons. The standard InChI is InChI=1S/C14H13IN2O2/c1-19-14(18)10-8-9(6-7-12(10)16)17-13-5-3-2-4-11(13)15/h2-8,17H,16H2,1H3. The zero-order valence-electron chi connectivity index (χ0n) is 10.3. The van der Waals surface area contributed by atoms with Crippen LogP contribution in [0.3, 0.4) is 0 Å². The average Bonchev–Trinajstić information content (AvgIpc) is 2.42. The zero-order chi connectivity index (χ0) is 13.8. The van der Waals surface area contributed by atoms with Crippen molar-refractivity contribution in [1.29, 1.82) is 0 Å². The monoisotopic (exact) mass is 368 g/mol. The second-order valence-electron chi connectivity index (χ2n) is 3.90. The Bertz CT molecular complexity index is 614. The summed E-state index contributed by atoms with van der Waals surface area (Å²) < 4.78 is 5.79. The number of nitrogen functional groups attached to an aromatic ring is 1. The van der Waals surface area contributed by atoms with Crippen molar-refractivity contribution in [2.45, 2.75) is 0 Å². The molecule has 0 unspecified atom stereocenters. The van der Waals surface area contributed by atoms with Crippen molar-refractivity contribution in [2.75, 3.05) is 18.2 Å². The van der Waals surface area contributed by atoms with Crippen molar-refractivity contribution >= 4 is 45.6 Å². The van der Waals surface area contributed by atoms with E-state index in [1.54, 1.807) is 12.1 Å². The van der Waals surface area contributed by atoms with E-state index in [1.807, 2.05) is 30.3 Å². The molecule has 2 aromatic rings. The van der Waals surface area contributed by atoms with E-state index in [4.69, 9.17) is 10.5 Å². The molecule has 0 saturated heterocycles. The van der Waals surface area contributed by atoms with Gasteiger partial charge in [0.25, 0.3) is 0 Å². The van der Waals surface area contributed by atoms with Gasteiger partial charge in [0.2, 0.25) is 0 Å². The highest BCUT2D eigenvalue weighted by Gasteiger charge is 2.11. The van der Waals surface area contributed by atoms with Crippen LogP contribution in [0.4, 0.5) is 17.1 Å². The van der Waals surface area contributed by atoms with Crippen LogP contribution in [-0.2, 0) is 4.74 Å². The van der Waals surface area contributed by atoms with Gasteiger partial charge in [-0.15, -0.1) is 0 Å². The second-order valence-corrected chi connectivity index (χ2v) is 5.06. The molecular formula is C14H13IN2O2. The predicted molar refractivity (Wildman–Crippen MR) is 84.6 cm³/mol. The van der Waals surface area contributed by atoms with Gasteiger partial charge in [-0.3, -0.25) is 0 Å². The highest BCUT2D eigenvalue weighted by molar-refractivity contribution is 14.1. The number of rotatable bonds is 3. The van der Waals surface area contributed by atoms with Crippen LogP contribution in [0, 0.1) is 3.57 Å². The molecule has 0 aliphatic carbocycles. The quantitative estimate of drug-likeness (QED) is 0.495. The highest BCUT2D eigenvalue weighted by Crippen LogP contribution is 2.25. The van der Waals surface area contributed by atoms with Crippen LogP contribution in [-0.4, -0.2) is 13.1 Å². The minimum absolute atomic E-state index is 0.360. The number of ether oxygens (including phenoxy) is 1. The lowest BCUT2D eigenvalue weighted by molar-refractivity contribution is 0.0602. The first-order valence-electron chi connectivity index (χ1n) is 5.61. The number of nitrogens with one attached hydrogen (secondary N) is 1. The van der Waals surface area contributed by atoms with Crippen LogP contribution < -0.4 is 11.1 Å². The molecule has 5 heteroatoms. The summed E-state index contributed by atoms with van der Waals surface area (Å²) in [5.74, 6) is -0.441. The number of hydrogen-bond acceptors (Lipinski definition) is 4. The Morgan fingerprint density at radius 2 is 2.00 bits per heavy atom. The molecule has 0 heterocycles. The Kier molecular flexibility index (Phi) is 4.26. The first kappa shape index (κ1) is 13.7. The fourth-order valence-corrected chi connectivity index (χ4v) is 2.16. The fourth-order valence-electron chi connectivity index (χ4n) is 1.64. The number of halogens is 1. The third-order valence-corrected chi connectivity index (χ3v) is 3.55. The minimum atomic E-state index is -0.441. The molecule has 0 radical (unpaired) electrons. The summed E-state index contributed by atoms with van der Waals surface area (Å²) in [6, 6.07) is 13.1. The summed E-state index contributed by atoms with van der Waals surface area (Å²) in [4.78, 5) is 11.6. The third-order valence-electron chi connectivity index (χ3n) is 2.61. The topological polar surface area (TPSA) is 64.3 Å². The normalized spacial score (nSPS) is 10.0. The van der Waals surface area contributed by atoms with Gasteiger partial charge in [0.15, 0.2) is 0 Å². The lowest BCUT2D eigenvalue weighted by Crippen LogP contribution is -2.06. The fraction of sp³-hybridized carbons (Fsp3) is 0.0714. The van der Waals surface area contributed by atoms with Gasteiger partial charge in [-0.25, -0.2) is 4.79 Å². The summed E-state index contributed by atoms with van der Waals surface area (Å²) in [6.07, 6.45) is 0. The number of methoxy groups -OCH3 is 1. The predicted octanol–water partition coefficient (Wildman–Crippen LogP) is 3.40. The molecule has 0 aromatic heterocycles. The number of esters is 1. The van der Waals surface area contributed by atoms with E-state index in [9.17, 15) is 4.79 Å². The number of hydrogen-bond donors (Lipinski definition) is 2. The van der Waals surface area contributed by atoms with Crippen molar-refractivity contribution in [3.05, 3.63) is 51.6 Å². The Balaban J connectivity index is 2.32. The summed E-state index contributed by atoms with van der Waals surface area (Å²) >= 11 is 2.24. The van der Waals surface area contributed by atoms with Gasteiger partial charge in [-0.05, 0) is 52.9 Å². The molecule has 0 saturated carbocycles. The summed E-state index contributed by atoms with van der Waals surface area (Å²) in [5, 5.41) is 3.25. The van der Waals surface area contributed by atoms with Gasteiger partial charge in [-0.2, -0.15) is 0 Å². The molecule has 19 heavy (non-hydrogen) atoms. The molecule has 0 atom stereocenters. The van der Waals surface area contributed by atoms with Crippen LogP contribution >= 0.6 is 22.6 Å². The number of nitrogens with two attached hydrogens (primary N) is 1. The van der Waals surface area contributed by atoms with Crippen molar-refractivity contribution < 1.29 is 9.53 Å². The van der Waals surface area contributed by atoms with Gasteiger partial charge >= 0.3 is 5.97 Å². The van der Waals surface area contributed by atoms with Gasteiger partial charge in [0.05, 0.1) is 18.4 Å². The largest absolute Gasteiger partial charge is 0.465 e. The first-order chi connectivity index (χ1) is 9.11. The highest BCUT2D eigenvalue weighted by atomic mass is 127. The van der Waals surface area contributed by atoms with Gasteiger partial charge in [0, 0.05) is 14.9 Å². The Morgan fingerprint density at radius 3 is 2.68 bits per heavy atom. The molecular weight excluding hydrogens is 355 g/mol. The second kappa shape index (κ2) is 5.92. The Morgan fingerprint density at radius 1 is 1.26 bits per heavy atom. The molecule has 0 aliphatic rings. The molecule has 4 nitrogen and oxygen atoms in total. The van der Waals surface area contributed by atoms with E-state index >= 15 is 0 Å². The summed E-state index contributed by atoms with van der Waals surface area (Å²) in [6.45, 7) is 0. The van der Waals surface area contributed by atoms with Crippen LogP contribution in [0.1, 0.15) is 10.4 Å². The van der Waals surface area contributed by atoms with Crippen LogP contribution in [0.2, 0.25) is 0 Å². The van der Waals surface area contributed by atoms with E-state index in [0.29, 0.717) is 11.3 Å². The van der Waals surface area contributed by atoms with Gasteiger partial charge < -0.3 is 15.8 Å². The van der Waals surface area contributed by atoms with Gasteiger partial charge in [0.1, 0.15) is 0 Å². The number of anilines is 3. The SMILES string of the molecule is COC(=O)c1cc(Nc2ccccc2I)ccc1N. The molecule has 2 rings (SSSR count). The van der Waals surface area contributed by atoms with Crippen LogP contribution in [0.25, 0.3) is 0 Å². The number of para-hydroxylation sites is 1. The van der Waals surface area contributed by atoms with E-state index in [-0.39, 0.29) is 0 Å². The maximum Gasteiger partial charge on any atom is 0.340 e. The van der Waals surface area contributed by atoms with E-state index in [0.717, 1.165) is 14.9 Å². The van der Waals surface area contributed by atoms with Crippen molar-refractivity contribution in [2.24, 2.45) is 0 Å². The van der Waals surface area contributed by atoms with E-state index in [1.165, 1.54) is 7.11 Å². The first-order valence-corrected chi connectivity index (χ1v) is 6.69. The molecule has 0 spiro atoms. The lowest BCUT2D eigenvalue weighted by atomic mass is 10.1. The van der Waals surface area contributed by atoms with Crippen molar-refractivity contribution in [3.63, 3.8) is 0 Å². The maximum absolute atomic E-state index is 11.6. The minimum Gasteiger partial charge on any atom is -0.465 e. The maximum atomic E-state index is 11.6. The number of benzene rings is 2. The molecule has 0 fully saturated rings. The van der Waals surface area contributed by atoms with Crippen LogP contribution in [0.15, 0.2) is 42.5 Å². The Labute approximate surface area is 125 Å². The van der Waals surface area contributed by atoms with E-state index < -0.39 is 5.97 Å². The lowest BCUT2D eigenvalue weighted by Gasteiger charge is -2.11.